The van der Waals surface area contributed by atoms with Gasteiger partial charge in [-0.15, -0.1) is 11.3 Å². The summed E-state index contributed by atoms with van der Waals surface area (Å²) in [5.41, 5.74) is 6.66. The van der Waals surface area contributed by atoms with Gasteiger partial charge >= 0.3 is 0 Å². The number of hydrogen-bond donors (Lipinski definition) is 2. The number of benzene rings is 1. The van der Waals surface area contributed by atoms with E-state index in [0.29, 0.717) is 23.7 Å². The van der Waals surface area contributed by atoms with Crippen molar-refractivity contribution in [3.8, 4) is 0 Å². The maximum absolute atomic E-state index is 12.6. The average molecular weight is 411 g/mol. The van der Waals surface area contributed by atoms with E-state index in [9.17, 15) is 14.4 Å². The summed E-state index contributed by atoms with van der Waals surface area (Å²) in [6.45, 7) is 0.530. The van der Waals surface area contributed by atoms with Crippen LogP contribution in [0.3, 0.4) is 0 Å². The molecule has 150 valence electrons. The second kappa shape index (κ2) is 8.04. The first-order chi connectivity index (χ1) is 14.0. The smallest absolute Gasteiger partial charge is 0.264 e. The fraction of sp³-hybridized carbons (Fsp3) is 0.300. The summed E-state index contributed by atoms with van der Waals surface area (Å²) in [7, 11) is 1.85. The Kier molecular flexibility index (Phi) is 5.30. The zero-order valence-electron chi connectivity index (χ0n) is 15.9. The van der Waals surface area contributed by atoms with E-state index in [4.69, 9.17) is 0 Å². The number of nitrogens with one attached hydrogen (secondary N) is 2. The third-order valence-corrected chi connectivity index (χ3v) is 5.93. The molecular weight excluding hydrogens is 390 g/mol. The molecule has 0 aliphatic carbocycles. The van der Waals surface area contributed by atoms with Gasteiger partial charge in [0.05, 0.1) is 22.3 Å². The molecular formula is C20H21N5O3S. The van der Waals surface area contributed by atoms with Crippen molar-refractivity contribution < 1.29 is 14.4 Å². The lowest BCUT2D eigenvalue weighted by atomic mass is 10.2. The Labute approximate surface area is 171 Å². The minimum atomic E-state index is -0.583. The largest absolute Gasteiger partial charge is 0.331 e. The first-order valence-corrected chi connectivity index (χ1v) is 10.3. The summed E-state index contributed by atoms with van der Waals surface area (Å²) < 4.78 is 1.86. The third kappa shape index (κ3) is 3.86. The van der Waals surface area contributed by atoms with Gasteiger partial charge in [0.1, 0.15) is 11.9 Å². The Morgan fingerprint density at radius 1 is 1.17 bits per heavy atom. The molecule has 3 heterocycles. The lowest BCUT2D eigenvalue weighted by molar-refractivity contribution is -0.130. The van der Waals surface area contributed by atoms with Crippen molar-refractivity contribution in [2.24, 2.45) is 7.05 Å². The number of aromatic nitrogens is 2. The number of rotatable bonds is 4. The zero-order chi connectivity index (χ0) is 20.4. The highest BCUT2D eigenvalue weighted by Gasteiger charge is 2.35. The van der Waals surface area contributed by atoms with Crippen LogP contribution < -0.4 is 10.9 Å². The Morgan fingerprint density at radius 2 is 2.00 bits per heavy atom. The molecule has 9 heteroatoms. The van der Waals surface area contributed by atoms with E-state index < -0.39 is 6.04 Å². The molecule has 1 fully saturated rings. The number of fused-ring (bicyclic) bond motifs is 1. The molecule has 1 aliphatic rings. The minimum Gasteiger partial charge on any atom is -0.331 e. The Balaban J connectivity index is 1.35. The highest BCUT2D eigenvalue weighted by atomic mass is 32.1. The van der Waals surface area contributed by atoms with Crippen molar-refractivity contribution in [2.45, 2.75) is 25.3 Å². The van der Waals surface area contributed by atoms with Crippen LogP contribution in [0.25, 0.3) is 11.0 Å². The number of amides is 3. The number of imidazole rings is 1. The third-order valence-electron chi connectivity index (χ3n) is 5.07. The van der Waals surface area contributed by atoms with E-state index >= 15 is 0 Å². The average Bonchev–Trinajstić information content (AvgIpc) is 3.47. The number of carbonyl (C=O) groups excluding carboxylic acids is 3. The van der Waals surface area contributed by atoms with Crippen LogP contribution in [0.15, 0.2) is 41.8 Å². The molecule has 4 rings (SSSR count). The molecule has 0 unspecified atom stereocenters. The summed E-state index contributed by atoms with van der Waals surface area (Å²) in [4.78, 5) is 44.1. The van der Waals surface area contributed by atoms with Gasteiger partial charge in [-0.25, -0.2) is 4.98 Å². The van der Waals surface area contributed by atoms with Crippen LogP contribution in [0.5, 0.6) is 0 Å². The summed E-state index contributed by atoms with van der Waals surface area (Å²) in [5.74, 6) is -0.298. The standard InChI is InChI=1S/C20H21N5O3S/c1-24-14-7-3-2-6-13(14)21-17(24)12-18(26)22-23-19(27)15-8-4-10-25(15)20(28)16-9-5-11-29-16/h2-3,5-7,9,11,15H,4,8,10,12H2,1H3,(H,22,26)(H,23,27)/t15-/m1/s1. The van der Waals surface area contributed by atoms with Crippen molar-refractivity contribution in [1.29, 1.82) is 0 Å². The lowest BCUT2D eigenvalue weighted by Crippen LogP contribution is -2.51. The SMILES string of the molecule is Cn1c(CC(=O)NNC(=O)[C@H]2CCCN2C(=O)c2cccs2)nc2ccccc21. The number of nitrogens with zero attached hydrogens (tertiary/aromatic N) is 3. The zero-order valence-corrected chi connectivity index (χ0v) is 16.7. The van der Waals surface area contributed by atoms with Gasteiger partial charge in [-0.3, -0.25) is 25.2 Å². The van der Waals surface area contributed by atoms with Crippen molar-refractivity contribution in [3.63, 3.8) is 0 Å². The second-order valence-corrected chi connectivity index (χ2v) is 7.87. The molecule has 3 amide bonds. The van der Waals surface area contributed by atoms with Crippen LogP contribution in [-0.2, 0) is 23.1 Å². The minimum absolute atomic E-state index is 0.0357. The van der Waals surface area contributed by atoms with Crippen LogP contribution in [-0.4, -0.2) is 44.8 Å². The highest BCUT2D eigenvalue weighted by Crippen LogP contribution is 2.22. The molecule has 1 aliphatic heterocycles. The molecule has 0 saturated carbocycles. The molecule has 3 aromatic rings. The van der Waals surface area contributed by atoms with Crippen LogP contribution in [0.1, 0.15) is 28.3 Å². The van der Waals surface area contributed by atoms with Gasteiger partial charge in [-0.1, -0.05) is 18.2 Å². The van der Waals surface area contributed by atoms with E-state index in [2.05, 4.69) is 15.8 Å². The highest BCUT2D eigenvalue weighted by molar-refractivity contribution is 7.12. The van der Waals surface area contributed by atoms with Crippen LogP contribution in [0.2, 0.25) is 0 Å². The van der Waals surface area contributed by atoms with Crippen molar-refractivity contribution in [1.82, 2.24) is 25.3 Å². The fourth-order valence-corrected chi connectivity index (χ4v) is 4.26. The molecule has 0 bridgehead atoms. The Morgan fingerprint density at radius 3 is 2.76 bits per heavy atom. The van der Waals surface area contributed by atoms with Gasteiger partial charge in [-0.2, -0.15) is 0 Å². The van der Waals surface area contributed by atoms with Gasteiger partial charge in [0.25, 0.3) is 11.8 Å². The normalized spacial score (nSPS) is 16.2. The molecule has 29 heavy (non-hydrogen) atoms. The quantitative estimate of drug-likeness (QED) is 0.638. The van der Waals surface area contributed by atoms with Crippen molar-refractivity contribution in [3.05, 3.63) is 52.5 Å². The second-order valence-electron chi connectivity index (χ2n) is 6.92. The van der Waals surface area contributed by atoms with E-state index in [1.54, 1.807) is 11.0 Å². The number of likely N-dealkylation sites (tertiary alicyclic amines) is 1. The lowest BCUT2D eigenvalue weighted by Gasteiger charge is -2.23. The molecule has 8 nitrogen and oxygen atoms in total. The molecule has 0 radical (unpaired) electrons. The summed E-state index contributed by atoms with van der Waals surface area (Å²) in [6, 6.07) is 10.6. The molecule has 1 aromatic carbocycles. The maximum atomic E-state index is 12.6. The Bertz CT molecular complexity index is 1060. The van der Waals surface area contributed by atoms with E-state index in [0.717, 1.165) is 17.5 Å². The Hall–Kier alpha value is -3.20. The number of thiophene rings is 1. The van der Waals surface area contributed by atoms with E-state index in [1.165, 1.54) is 11.3 Å². The summed E-state index contributed by atoms with van der Waals surface area (Å²) in [6.07, 6.45) is 1.36. The molecule has 1 atom stereocenters. The van der Waals surface area contributed by atoms with Gasteiger partial charge < -0.3 is 9.47 Å². The van der Waals surface area contributed by atoms with Gasteiger partial charge in [-0.05, 0) is 36.4 Å². The number of aryl methyl sites for hydroxylation is 1. The van der Waals surface area contributed by atoms with Crippen molar-refractivity contribution in [2.75, 3.05) is 6.54 Å². The number of hydrogen-bond acceptors (Lipinski definition) is 5. The molecule has 0 spiro atoms. The first kappa shape index (κ1) is 19.1. The molecule has 2 N–H and O–H groups in total. The number of carbonyl (C=O) groups is 3. The van der Waals surface area contributed by atoms with E-state index in [-0.39, 0.29) is 24.1 Å². The van der Waals surface area contributed by atoms with Gasteiger partial charge in [0.15, 0.2) is 0 Å². The topological polar surface area (TPSA) is 96.3 Å². The van der Waals surface area contributed by atoms with Crippen LogP contribution >= 0.6 is 11.3 Å². The predicted octanol–water partition coefficient (Wildman–Crippen LogP) is 1.63. The first-order valence-electron chi connectivity index (χ1n) is 9.38. The fourth-order valence-electron chi connectivity index (χ4n) is 3.58. The molecule has 2 aromatic heterocycles. The monoisotopic (exact) mass is 411 g/mol. The number of para-hydroxylation sites is 2. The van der Waals surface area contributed by atoms with Crippen LogP contribution in [0, 0.1) is 0 Å². The predicted molar refractivity (Wildman–Crippen MR) is 109 cm³/mol. The summed E-state index contributed by atoms with van der Waals surface area (Å²) in [5, 5.41) is 1.83. The van der Waals surface area contributed by atoms with Crippen molar-refractivity contribution >= 4 is 40.1 Å². The number of hydrazine groups is 1. The summed E-state index contributed by atoms with van der Waals surface area (Å²) >= 11 is 1.35. The van der Waals surface area contributed by atoms with Gasteiger partial charge in [0.2, 0.25) is 5.91 Å². The molecule has 1 saturated heterocycles. The van der Waals surface area contributed by atoms with E-state index in [1.807, 2.05) is 47.3 Å². The van der Waals surface area contributed by atoms with Crippen LogP contribution in [0.4, 0.5) is 0 Å². The van der Waals surface area contributed by atoms with Gasteiger partial charge in [0, 0.05) is 13.6 Å². The maximum Gasteiger partial charge on any atom is 0.264 e.